The van der Waals surface area contributed by atoms with Crippen molar-refractivity contribution in [1.29, 1.82) is 0 Å². The van der Waals surface area contributed by atoms with E-state index < -0.39 is 0 Å². The molecule has 0 saturated heterocycles. The van der Waals surface area contributed by atoms with E-state index in [0.717, 1.165) is 49.6 Å². The summed E-state index contributed by atoms with van der Waals surface area (Å²) in [6.45, 7) is 0. The van der Waals surface area contributed by atoms with Gasteiger partial charge in [-0.05, 0) is 64.4 Å². The van der Waals surface area contributed by atoms with Gasteiger partial charge in [0.2, 0.25) is 0 Å². The van der Waals surface area contributed by atoms with Crippen LogP contribution < -0.4 is 0 Å². The van der Waals surface area contributed by atoms with Gasteiger partial charge in [0.1, 0.15) is 5.01 Å². The van der Waals surface area contributed by atoms with Gasteiger partial charge in [-0.2, -0.15) is 0 Å². The lowest BCUT2D eigenvalue weighted by atomic mass is 9.99. The Balaban J connectivity index is 0.977. The second kappa shape index (κ2) is 13.2. The number of aromatic nitrogens is 5. The van der Waals surface area contributed by atoms with Gasteiger partial charge < -0.3 is 4.57 Å². The van der Waals surface area contributed by atoms with Gasteiger partial charge in [0.25, 0.3) is 0 Å². The first kappa shape index (κ1) is 32.2. The van der Waals surface area contributed by atoms with Gasteiger partial charge >= 0.3 is 0 Å². The van der Waals surface area contributed by atoms with Crippen LogP contribution in [0, 0.1) is 0 Å². The summed E-state index contributed by atoms with van der Waals surface area (Å²) in [6, 6.07) is 65.9. The first-order chi connectivity index (χ1) is 27.7. The van der Waals surface area contributed by atoms with E-state index in [2.05, 4.69) is 126 Å². The molecule has 3 heterocycles. The van der Waals surface area contributed by atoms with Gasteiger partial charge in [0, 0.05) is 38.7 Å². The van der Waals surface area contributed by atoms with Gasteiger partial charge in [-0.3, -0.25) is 0 Å². The number of hydrogen-bond acceptors (Lipinski definition) is 5. The van der Waals surface area contributed by atoms with Crippen LogP contribution in [0.1, 0.15) is 0 Å². The van der Waals surface area contributed by atoms with Gasteiger partial charge in [0.15, 0.2) is 17.5 Å². The number of thiazole rings is 1. The summed E-state index contributed by atoms with van der Waals surface area (Å²) >= 11 is 1.74. The highest BCUT2D eigenvalue weighted by molar-refractivity contribution is 7.21. The molecule has 0 saturated carbocycles. The van der Waals surface area contributed by atoms with Crippen molar-refractivity contribution in [3.63, 3.8) is 0 Å². The normalized spacial score (nSPS) is 11.6. The molecule has 5 nitrogen and oxygen atoms in total. The minimum atomic E-state index is 0.643. The topological polar surface area (TPSA) is 56.5 Å². The van der Waals surface area contributed by atoms with Gasteiger partial charge in [-0.1, -0.05) is 146 Å². The second-order valence-electron chi connectivity index (χ2n) is 13.9. The van der Waals surface area contributed by atoms with Crippen molar-refractivity contribution in [2.75, 3.05) is 0 Å². The predicted molar refractivity (Wildman–Crippen MR) is 232 cm³/mol. The highest BCUT2D eigenvalue weighted by Gasteiger charge is 2.16. The zero-order valence-corrected chi connectivity index (χ0v) is 30.9. The maximum atomic E-state index is 4.98. The van der Waals surface area contributed by atoms with E-state index >= 15 is 0 Å². The molecule has 0 atom stereocenters. The van der Waals surface area contributed by atoms with E-state index in [1.807, 2.05) is 66.7 Å². The lowest BCUT2D eigenvalue weighted by molar-refractivity contribution is 1.07. The van der Waals surface area contributed by atoms with Crippen molar-refractivity contribution in [2.45, 2.75) is 0 Å². The Morgan fingerprint density at radius 2 is 0.929 bits per heavy atom. The summed E-state index contributed by atoms with van der Waals surface area (Å²) < 4.78 is 3.59. The van der Waals surface area contributed by atoms with E-state index in [1.54, 1.807) is 11.3 Å². The first-order valence-corrected chi connectivity index (χ1v) is 19.4. The fourth-order valence-corrected chi connectivity index (χ4v) is 8.64. The van der Waals surface area contributed by atoms with Crippen molar-refractivity contribution in [1.82, 2.24) is 24.5 Å². The molecule has 56 heavy (non-hydrogen) atoms. The van der Waals surface area contributed by atoms with Crippen molar-refractivity contribution in [2.24, 2.45) is 0 Å². The highest BCUT2D eigenvalue weighted by atomic mass is 32.1. The molecule has 0 amide bonds. The Morgan fingerprint density at radius 1 is 0.357 bits per heavy atom. The number of para-hydroxylation sites is 2. The molecule has 11 rings (SSSR count). The number of nitrogens with zero attached hydrogens (tertiary/aromatic N) is 5. The van der Waals surface area contributed by atoms with E-state index in [0.29, 0.717) is 17.5 Å². The minimum absolute atomic E-state index is 0.643. The zero-order chi connectivity index (χ0) is 37.0. The molecule has 6 heteroatoms. The van der Waals surface area contributed by atoms with Crippen molar-refractivity contribution in [3.8, 4) is 61.5 Å². The van der Waals surface area contributed by atoms with Crippen LogP contribution in [0.4, 0.5) is 0 Å². The fourth-order valence-electron chi connectivity index (χ4n) is 7.68. The molecule has 0 spiro atoms. The van der Waals surface area contributed by atoms with Gasteiger partial charge in [0.05, 0.1) is 21.3 Å². The standard InChI is InChI=1S/C50H31N5S/c1-3-11-34(12-4-1)47-52-48(35-13-5-2-6-14-35)54-49(53-47)36-22-19-32(20-23-36)37-24-21-33-25-27-40(30-39(33)29-37)55-44-17-9-7-15-41(44)42-28-26-38(31-45(42)55)50-51-43-16-8-10-18-46(43)56-50/h1-31H. The maximum absolute atomic E-state index is 4.98. The summed E-state index contributed by atoms with van der Waals surface area (Å²) in [5.74, 6) is 1.95. The van der Waals surface area contributed by atoms with Crippen LogP contribution in [-0.2, 0) is 0 Å². The van der Waals surface area contributed by atoms with Crippen molar-refractivity contribution >= 4 is 54.1 Å². The SMILES string of the molecule is c1ccc(-c2nc(-c3ccccc3)nc(-c3ccc(-c4ccc5ccc(-n6c7ccccc7c7ccc(-c8nc9ccccc9s8)cc76)cc5c4)cc3)n2)cc1. The summed E-state index contributed by atoms with van der Waals surface area (Å²) in [7, 11) is 0. The monoisotopic (exact) mass is 733 g/mol. The molecule has 0 aliphatic carbocycles. The average molecular weight is 734 g/mol. The Bertz CT molecular complexity index is 3150. The molecule has 11 aromatic rings. The van der Waals surface area contributed by atoms with Gasteiger partial charge in [-0.25, -0.2) is 19.9 Å². The van der Waals surface area contributed by atoms with Crippen LogP contribution in [0.5, 0.6) is 0 Å². The molecule has 0 aliphatic rings. The fraction of sp³-hybridized carbons (Fsp3) is 0. The lowest BCUT2D eigenvalue weighted by Gasteiger charge is -2.11. The lowest BCUT2D eigenvalue weighted by Crippen LogP contribution is -2.00. The number of hydrogen-bond donors (Lipinski definition) is 0. The van der Waals surface area contributed by atoms with Crippen molar-refractivity contribution < 1.29 is 0 Å². The Kier molecular flexibility index (Phi) is 7.60. The van der Waals surface area contributed by atoms with Crippen LogP contribution >= 0.6 is 11.3 Å². The molecule has 0 N–H and O–H groups in total. The van der Waals surface area contributed by atoms with E-state index in [-0.39, 0.29) is 0 Å². The maximum Gasteiger partial charge on any atom is 0.164 e. The minimum Gasteiger partial charge on any atom is -0.309 e. The molecule has 8 aromatic carbocycles. The molecule has 0 aliphatic heterocycles. The summed E-state index contributed by atoms with van der Waals surface area (Å²) in [5, 5.41) is 5.86. The second-order valence-corrected chi connectivity index (χ2v) is 15.0. The zero-order valence-electron chi connectivity index (χ0n) is 30.0. The summed E-state index contributed by atoms with van der Waals surface area (Å²) in [4.78, 5) is 19.7. The summed E-state index contributed by atoms with van der Waals surface area (Å²) in [6.07, 6.45) is 0. The molecule has 0 fully saturated rings. The van der Waals surface area contributed by atoms with Crippen LogP contribution in [0.25, 0.3) is 104 Å². The predicted octanol–water partition coefficient (Wildman–Crippen LogP) is 13.1. The van der Waals surface area contributed by atoms with Crippen LogP contribution in [-0.4, -0.2) is 24.5 Å². The van der Waals surface area contributed by atoms with Crippen LogP contribution in [0.3, 0.4) is 0 Å². The van der Waals surface area contributed by atoms with Crippen molar-refractivity contribution in [3.05, 3.63) is 188 Å². The average Bonchev–Trinajstić information content (AvgIpc) is 3.86. The van der Waals surface area contributed by atoms with Crippen LogP contribution in [0.15, 0.2) is 188 Å². The Morgan fingerprint density at radius 3 is 1.66 bits per heavy atom. The quantitative estimate of drug-likeness (QED) is 0.171. The number of rotatable bonds is 6. The van der Waals surface area contributed by atoms with E-state index in [4.69, 9.17) is 19.9 Å². The third kappa shape index (κ3) is 5.63. The molecule has 262 valence electrons. The third-order valence-electron chi connectivity index (χ3n) is 10.5. The highest BCUT2D eigenvalue weighted by Crippen LogP contribution is 2.38. The smallest absolute Gasteiger partial charge is 0.164 e. The first-order valence-electron chi connectivity index (χ1n) is 18.6. The van der Waals surface area contributed by atoms with E-state index in [1.165, 1.54) is 37.3 Å². The molecule has 3 aromatic heterocycles. The number of benzene rings is 8. The van der Waals surface area contributed by atoms with E-state index in [9.17, 15) is 0 Å². The molecule has 0 unspecified atom stereocenters. The third-order valence-corrected chi connectivity index (χ3v) is 11.6. The summed E-state index contributed by atoms with van der Waals surface area (Å²) in [5.41, 5.74) is 10.7. The Labute approximate surface area is 326 Å². The molecule has 0 radical (unpaired) electrons. The molecule has 0 bridgehead atoms. The largest absolute Gasteiger partial charge is 0.309 e. The molecular weight excluding hydrogens is 703 g/mol. The number of fused-ring (bicyclic) bond motifs is 5. The Hall–Kier alpha value is -7.28. The van der Waals surface area contributed by atoms with Crippen LogP contribution in [0.2, 0.25) is 0 Å². The van der Waals surface area contributed by atoms with Gasteiger partial charge in [-0.15, -0.1) is 11.3 Å². The molecular formula is C50H31N5S.